The Bertz CT molecular complexity index is 688. The van der Waals surface area contributed by atoms with Crippen LogP contribution in [0.5, 0.6) is 11.5 Å². The molecular formula is C18H24N2O4. The van der Waals surface area contributed by atoms with Gasteiger partial charge < -0.3 is 9.47 Å². The minimum atomic E-state index is -0.449. The van der Waals surface area contributed by atoms with E-state index in [0.717, 1.165) is 12.8 Å². The maximum atomic E-state index is 11.2. The van der Waals surface area contributed by atoms with E-state index in [-0.39, 0.29) is 5.69 Å². The average molecular weight is 332 g/mol. The number of hydrogen-bond acceptors (Lipinski definition) is 5. The summed E-state index contributed by atoms with van der Waals surface area (Å²) in [6.07, 6.45) is 8.57. The number of non-ortho nitro benzene ring substituents is 1. The smallest absolute Gasteiger partial charge is 0.299 e. The van der Waals surface area contributed by atoms with E-state index in [9.17, 15) is 10.1 Å². The first-order chi connectivity index (χ1) is 11.7. The molecule has 0 atom stereocenters. The lowest BCUT2D eigenvalue weighted by Crippen LogP contribution is -2.02. The summed E-state index contributed by atoms with van der Waals surface area (Å²) in [7, 11) is 1.48. The number of aromatic nitrogens is 1. The van der Waals surface area contributed by atoms with Crippen molar-refractivity contribution in [2.45, 2.75) is 45.4 Å². The summed E-state index contributed by atoms with van der Waals surface area (Å²) in [5.74, 6) is 0.896. The van der Waals surface area contributed by atoms with Gasteiger partial charge in [-0.05, 0) is 18.6 Å². The van der Waals surface area contributed by atoms with Crippen LogP contribution < -0.4 is 9.47 Å². The number of methoxy groups -OCH3 is 1. The number of nitro groups is 1. The molecular weight excluding hydrogens is 308 g/mol. The van der Waals surface area contributed by atoms with Crippen LogP contribution in [-0.2, 0) is 0 Å². The van der Waals surface area contributed by atoms with Crippen molar-refractivity contribution in [1.82, 2.24) is 4.98 Å². The maximum absolute atomic E-state index is 11.2. The lowest BCUT2D eigenvalue weighted by Gasteiger charge is -2.13. The fourth-order valence-electron chi connectivity index (χ4n) is 2.68. The normalized spacial score (nSPS) is 10.8. The summed E-state index contributed by atoms with van der Waals surface area (Å²) < 4.78 is 11.2. The molecule has 1 aromatic carbocycles. The van der Waals surface area contributed by atoms with Gasteiger partial charge in [-0.15, -0.1) is 0 Å². The number of benzene rings is 1. The van der Waals surface area contributed by atoms with Crippen LogP contribution in [0.2, 0.25) is 0 Å². The van der Waals surface area contributed by atoms with Gasteiger partial charge in [-0.1, -0.05) is 39.0 Å². The zero-order valence-electron chi connectivity index (χ0n) is 14.3. The van der Waals surface area contributed by atoms with Gasteiger partial charge in [-0.25, -0.2) is 4.98 Å². The van der Waals surface area contributed by atoms with Crippen molar-refractivity contribution in [2.75, 3.05) is 13.7 Å². The van der Waals surface area contributed by atoms with Gasteiger partial charge >= 0.3 is 0 Å². The molecule has 1 heterocycles. The molecule has 1 aromatic heterocycles. The SMILES string of the molecule is CCCCCCCCOc1c(OC)cc([N+](=O)[O-])c2ncccc12. The first kappa shape index (κ1) is 18.0. The molecule has 0 unspecified atom stereocenters. The van der Waals surface area contributed by atoms with Crippen molar-refractivity contribution in [2.24, 2.45) is 0 Å². The molecule has 24 heavy (non-hydrogen) atoms. The Hall–Kier alpha value is -2.37. The van der Waals surface area contributed by atoms with Gasteiger partial charge in [-0.2, -0.15) is 0 Å². The summed E-state index contributed by atoms with van der Waals surface area (Å²) in [5, 5.41) is 11.9. The molecule has 0 fully saturated rings. The van der Waals surface area contributed by atoms with E-state index in [0.29, 0.717) is 29.0 Å². The topological polar surface area (TPSA) is 74.5 Å². The lowest BCUT2D eigenvalue weighted by molar-refractivity contribution is -0.383. The van der Waals surface area contributed by atoms with E-state index < -0.39 is 4.92 Å². The number of fused-ring (bicyclic) bond motifs is 1. The van der Waals surface area contributed by atoms with Crippen LogP contribution in [0.25, 0.3) is 10.9 Å². The molecule has 6 heteroatoms. The molecule has 0 N–H and O–H groups in total. The second kappa shape index (κ2) is 9.05. The molecule has 0 saturated heterocycles. The number of rotatable bonds is 10. The third kappa shape index (κ3) is 4.34. The summed E-state index contributed by atoms with van der Waals surface area (Å²) >= 11 is 0. The minimum Gasteiger partial charge on any atom is -0.493 e. The van der Waals surface area contributed by atoms with Crippen LogP contribution in [0.4, 0.5) is 5.69 Å². The van der Waals surface area contributed by atoms with Gasteiger partial charge in [0, 0.05) is 6.20 Å². The Labute approximate surface area is 141 Å². The number of pyridine rings is 1. The van der Waals surface area contributed by atoms with Crippen molar-refractivity contribution in [1.29, 1.82) is 0 Å². The van der Waals surface area contributed by atoms with Crippen molar-refractivity contribution in [3.63, 3.8) is 0 Å². The van der Waals surface area contributed by atoms with E-state index in [2.05, 4.69) is 11.9 Å². The summed E-state index contributed by atoms with van der Waals surface area (Å²) in [4.78, 5) is 14.9. The van der Waals surface area contributed by atoms with Crippen molar-refractivity contribution >= 4 is 16.6 Å². The number of nitro benzene ring substituents is 1. The van der Waals surface area contributed by atoms with Crippen molar-refractivity contribution in [3.05, 3.63) is 34.5 Å². The zero-order valence-corrected chi connectivity index (χ0v) is 14.3. The van der Waals surface area contributed by atoms with Crippen molar-refractivity contribution in [3.8, 4) is 11.5 Å². The van der Waals surface area contributed by atoms with E-state index in [4.69, 9.17) is 9.47 Å². The number of unbranched alkanes of at least 4 members (excludes halogenated alkanes) is 5. The largest absolute Gasteiger partial charge is 0.493 e. The average Bonchev–Trinajstić information content (AvgIpc) is 2.60. The second-order valence-electron chi connectivity index (χ2n) is 5.70. The highest BCUT2D eigenvalue weighted by atomic mass is 16.6. The van der Waals surface area contributed by atoms with Gasteiger partial charge in [0.05, 0.1) is 30.1 Å². The van der Waals surface area contributed by atoms with Crippen LogP contribution in [0.3, 0.4) is 0 Å². The Morgan fingerprint density at radius 1 is 1.21 bits per heavy atom. The molecule has 2 aromatic rings. The standard InChI is InChI=1S/C18H24N2O4/c1-3-4-5-6-7-8-12-24-18-14-10-9-11-19-17(14)15(20(21)22)13-16(18)23-2/h9-11,13H,3-8,12H2,1-2H3. The fraction of sp³-hybridized carbons (Fsp3) is 0.500. The molecule has 0 spiro atoms. The second-order valence-corrected chi connectivity index (χ2v) is 5.70. The molecule has 0 bridgehead atoms. The molecule has 0 aliphatic rings. The predicted molar refractivity (Wildman–Crippen MR) is 93.8 cm³/mol. The highest BCUT2D eigenvalue weighted by Gasteiger charge is 2.21. The molecule has 0 amide bonds. The number of hydrogen-bond donors (Lipinski definition) is 0. The molecule has 0 aliphatic carbocycles. The minimum absolute atomic E-state index is 0.0747. The molecule has 0 radical (unpaired) electrons. The maximum Gasteiger partial charge on any atom is 0.299 e. The Balaban J connectivity index is 2.14. The fourth-order valence-corrected chi connectivity index (χ4v) is 2.68. The zero-order chi connectivity index (χ0) is 17.4. The monoisotopic (exact) mass is 332 g/mol. The van der Waals surface area contributed by atoms with Crippen molar-refractivity contribution < 1.29 is 14.4 Å². The van der Waals surface area contributed by atoms with Gasteiger partial charge in [0.25, 0.3) is 5.69 Å². The van der Waals surface area contributed by atoms with Crippen LogP contribution in [-0.4, -0.2) is 23.6 Å². The summed E-state index contributed by atoms with van der Waals surface area (Å²) in [5.41, 5.74) is 0.246. The highest BCUT2D eigenvalue weighted by molar-refractivity contribution is 5.94. The molecule has 6 nitrogen and oxygen atoms in total. The number of ether oxygens (including phenoxy) is 2. The van der Waals surface area contributed by atoms with Crippen LogP contribution >= 0.6 is 0 Å². The van der Waals surface area contributed by atoms with E-state index in [1.165, 1.54) is 38.9 Å². The summed E-state index contributed by atoms with van der Waals surface area (Å²) in [6, 6.07) is 4.89. The molecule has 0 aliphatic heterocycles. The lowest BCUT2D eigenvalue weighted by atomic mass is 10.1. The first-order valence-corrected chi connectivity index (χ1v) is 8.42. The predicted octanol–water partition coefficient (Wildman–Crippen LogP) is 4.89. The first-order valence-electron chi connectivity index (χ1n) is 8.42. The van der Waals surface area contributed by atoms with Gasteiger partial charge in [0.1, 0.15) is 0 Å². The van der Waals surface area contributed by atoms with Gasteiger partial charge in [-0.3, -0.25) is 10.1 Å². The highest BCUT2D eigenvalue weighted by Crippen LogP contribution is 2.40. The molecule has 0 saturated carbocycles. The van der Waals surface area contributed by atoms with E-state index in [1.807, 2.05) is 0 Å². The Morgan fingerprint density at radius 2 is 1.96 bits per heavy atom. The molecule has 130 valence electrons. The summed E-state index contributed by atoms with van der Waals surface area (Å²) in [6.45, 7) is 2.76. The molecule has 2 rings (SSSR count). The third-order valence-corrected chi connectivity index (χ3v) is 3.95. The third-order valence-electron chi connectivity index (χ3n) is 3.95. The quantitative estimate of drug-likeness (QED) is 0.352. The Kier molecular flexibility index (Phi) is 6.78. The van der Waals surface area contributed by atoms with Gasteiger partial charge in [0.2, 0.25) is 0 Å². The number of nitrogens with zero attached hydrogens (tertiary/aromatic N) is 2. The van der Waals surface area contributed by atoms with Crippen LogP contribution in [0.15, 0.2) is 24.4 Å². The van der Waals surface area contributed by atoms with Crippen LogP contribution in [0.1, 0.15) is 45.4 Å². The van der Waals surface area contributed by atoms with Crippen LogP contribution in [0, 0.1) is 10.1 Å². The Morgan fingerprint density at radius 3 is 2.67 bits per heavy atom. The van der Waals surface area contributed by atoms with E-state index in [1.54, 1.807) is 18.3 Å². The van der Waals surface area contributed by atoms with E-state index >= 15 is 0 Å². The van der Waals surface area contributed by atoms with Gasteiger partial charge in [0.15, 0.2) is 17.0 Å².